The predicted molar refractivity (Wildman–Crippen MR) is 75.8 cm³/mol. The number of ether oxygens (including phenoxy) is 1. The summed E-state index contributed by atoms with van der Waals surface area (Å²) in [6.45, 7) is 1.61. The first kappa shape index (κ1) is 13.9. The molecule has 1 aromatic carbocycles. The molecule has 0 bridgehead atoms. The topological polar surface area (TPSA) is 55.6 Å². The molecular formula is C15H22N2O2. The Kier molecular flexibility index (Phi) is 4.80. The van der Waals surface area contributed by atoms with Crippen LogP contribution in [0, 0.1) is 0 Å². The molecule has 1 amide bonds. The van der Waals surface area contributed by atoms with Gasteiger partial charge in [-0.25, -0.2) is 0 Å². The molecule has 0 spiro atoms. The van der Waals surface area contributed by atoms with Gasteiger partial charge in [-0.2, -0.15) is 0 Å². The normalized spacial score (nSPS) is 16.6. The minimum absolute atomic E-state index is 0.220. The molecule has 4 nitrogen and oxygen atoms in total. The molecular weight excluding hydrogens is 240 g/mol. The van der Waals surface area contributed by atoms with Gasteiger partial charge in [0.1, 0.15) is 0 Å². The van der Waals surface area contributed by atoms with Crippen molar-refractivity contribution in [3.8, 4) is 0 Å². The molecule has 4 heteroatoms. The van der Waals surface area contributed by atoms with E-state index in [2.05, 4.69) is 0 Å². The van der Waals surface area contributed by atoms with Gasteiger partial charge in [0.15, 0.2) is 0 Å². The lowest BCUT2D eigenvalue weighted by Crippen LogP contribution is -2.40. The average molecular weight is 262 g/mol. The summed E-state index contributed by atoms with van der Waals surface area (Å²) in [5.41, 5.74) is 7.71. The molecule has 1 aliphatic rings. The zero-order chi connectivity index (χ0) is 13.7. The molecule has 19 heavy (non-hydrogen) atoms. The lowest BCUT2D eigenvalue weighted by molar-refractivity contribution is -0.133. The minimum Gasteiger partial charge on any atom is -0.399 e. The molecule has 0 atom stereocenters. The van der Waals surface area contributed by atoms with E-state index in [0.717, 1.165) is 43.6 Å². The van der Waals surface area contributed by atoms with Crippen molar-refractivity contribution in [1.29, 1.82) is 0 Å². The van der Waals surface area contributed by atoms with E-state index >= 15 is 0 Å². The highest BCUT2D eigenvalue weighted by Crippen LogP contribution is 2.16. The fourth-order valence-electron chi connectivity index (χ4n) is 2.50. The Labute approximate surface area is 114 Å². The highest BCUT2D eigenvalue weighted by atomic mass is 16.5. The summed E-state index contributed by atoms with van der Waals surface area (Å²) >= 11 is 0. The highest BCUT2D eigenvalue weighted by molar-refractivity contribution is 5.76. The summed E-state index contributed by atoms with van der Waals surface area (Å²) in [6, 6.07) is 7.74. The van der Waals surface area contributed by atoms with Crippen LogP contribution in [0.4, 0.5) is 5.69 Å². The number of carbonyl (C=O) groups excluding carboxylic acids is 1. The van der Waals surface area contributed by atoms with Crippen LogP contribution in [-0.2, 0) is 16.0 Å². The molecule has 0 saturated carbocycles. The lowest BCUT2D eigenvalue weighted by atomic mass is 10.0. The maximum absolute atomic E-state index is 12.1. The van der Waals surface area contributed by atoms with Crippen LogP contribution in [0.2, 0.25) is 0 Å². The largest absolute Gasteiger partial charge is 0.399 e. The van der Waals surface area contributed by atoms with Crippen LogP contribution < -0.4 is 5.73 Å². The Hall–Kier alpha value is -1.55. The van der Waals surface area contributed by atoms with E-state index in [4.69, 9.17) is 10.5 Å². The number of nitrogens with two attached hydrogens (primary N) is 1. The van der Waals surface area contributed by atoms with E-state index in [9.17, 15) is 4.79 Å². The second kappa shape index (κ2) is 6.57. The number of amides is 1. The second-order valence-corrected chi connectivity index (χ2v) is 5.01. The van der Waals surface area contributed by atoms with Crippen molar-refractivity contribution < 1.29 is 9.53 Å². The number of piperidine rings is 1. The van der Waals surface area contributed by atoms with E-state index in [0.29, 0.717) is 12.5 Å². The maximum Gasteiger partial charge on any atom is 0.222 e. The summed E-state index contributed by atoms with van der Waals surface area (Å²) in [5.74, 6) is 0.220. The summed E-state index contributed by atoms with van der Waals surface area (Å²) in [4.78, 5) is 14.1. The van der Waals surface area contributed by atoms with Crippen LogP contribution in [0.1, 0.15) is 24.8 Å². The summed E-state index contributed by atoms with van der Waals surface area (Å²) in [6.07, 6.45) is 3.45. The third-order valence-corrected chi connectivity index (χ3v) is 3.79. The number of likely N-dealkylation sites (tertiary alicyclic amines) is 1. The molecule has 1 heterocycles. The standard InChI is InChI=1S/C15H22N2O2/c1-19-13-8-10-17(11-9-13)15(18)7-6-12-4-2-3-5-14(12)16/h2-5,13H,6-11,16H2,1H3. The van der Waals surface area contributed by atoms with E-state index in [-0.39, 0.29) is 5.91 Å². The first-order chi connectivity index (χ1) is 9.20. The fourth-order valence-corrected chi connectivity index (χ4v) is 2.50. The molecule has 0 unspecified atom stereocenters. The first-order valence-electron chi connectivity index (χ1n) is 6.84. The zero-order valence-corrected chi connectivity index (χ0v) is 11.5. The van der Waals surface area contributed by atoms with Gasteiger partial charge in [-0.15, -0.1) is 0 Å². The maximum atomic E-state index is 12.1. The average Bonchev–Trinajstić information content (AvgIpc) is 2.46. The van der Waals surface area contributed by atoms with Crippen molar-refractivity contribution in [2.75, 3.05) is 25.9 Å². The van der Waals surface area contributed by atoms with E-state index in [1.807, 2.05) is 29.2 Å². The van der Waals surface area contributed by atoms with Gasteiger partial charge in [-0.05, 0) is 30.9 Å². The van der Waals surface area contributed by atoms with Crippen LogP contribution >= 0.6 is 0 Å². The molecule has 1 saturated heterocycles. The van der Waals surface area contributed by atoms with Crippen molar-refractivity contribution in [3.63, 3.8) is 0 Å². The lowest BCUT2D eigenvalue weighted by Gasteiger charge is -2.31. The van der Waals surface area contributed by atoms with Crippen LogP contribution in [0.25, 0.3) is 0 Å². The molecule has 1 aromatic rings. The molecule has 0 radical (unpaired) electrons. The summed E-state index contributed by atoms with van der Waals surface area (Å²) in [5, 5.41) is 0. The van der Waals surface area contributed by atoms with Crippen LogP contribution in [0.15, 0.2) is 24.3 Å². The monoisotopic (exact) mass is 262 g/mol. The van der Waals surface area contributed by atoms with Gasteiger partial charge in [0.25, 0.3) is 0 Å². The number of nitrogen functional groups attached to an aromatic ring is 1. The number of aryl methyl sites for hydroxylation is 1. The zero-order valence-electron chi connectivity index (χ0n) is 11.5. The van der Waals surface area contributed by atoms with Crippen molar-refractivity contribution in [2.45, 2.75) is 31.8 Å². The summed E-state index contributed by atoms with van der Waals surface area (Å²) < 4.78 is 5.31. The Morgan fingerprint density at radius 3 is 2.68 bits per heavy atom. The smallest absolute Gasteiger partial charge is 0.222 e. The number of nitrogens with zero attached hydrogens (tertiary/aromatic N) is 1. The molecule has 2 rings (SSSR count). The second-order valence-electron chi connectivity index (χ2n) is 5.01. The van der Waals surface area contributed by atoms with Gasteiger partial charge in [0.2, 0.25) is 5.91 Å². The van der Waals surface area contributed by atoms with Crippen molar-refractivity contribution in [1.82, 2.24) is 4.90 Å². The quantitative estimate of drug-likeness (QED) is 0.842. The van der Waals surface area contributed by atoms with Gasteiger partial charge in [-0.1, -0.05) is 18.2 Å². The number of rotatable bonds is 4. The van der Waals surface area contributed by atoms with Gasteiger partial charge in [-0.3, -0.25) is 4.79 Å². The Bertz CT molecular complexity index is 426. The Balaban J connectivity index is 1.81. The molecule has 1 aliphatic heterocycles. The first-order valence-corrected chi connectivity index (χ1v) is 6.84. The number of anilines is 1. The van der Waals surface area contributed by atoms with E-state index < -0.39 is 0 Å². The van der Waals surface area contributed by atoms with E-state index in [1.165, 1.54) is 0 Å². The van der Waals surface area contributed by atoms with Crippen LogP contribution in [0.5, 0.6) is 0 Å². The van der Waals surface area contributed by atoms with E-state index in [1.54, 1.807) is 7.11 Å². The van der Waals surface area contributed by atoms with Crippen LogP contribution in [-0.4, -0.2) is 37.1 Å². The third kappa shape index (κ3) is 3.70. The fraction of sp³-hybridized carbons (Fsp3) is 0.533. The third-order valence-electron chi connectivity index (χ3n) is 3.79. The number of benzene rings is 1. The molecule has 0 aromatic heterocycles. The molecule has 2 N–H and O–H groups in total. The summed E-state index contributed by atoms with van der Waals surface area (Å²) in [7, 11) is 1.74. The van der Waals surface area contributed by atoms with Gasteiger partial charge >= 0.3 is 0 Å². The Morgan fingerprint density at radius 2 is 2.05 bits per heavy atom. The van der Waals surface area contributed by atoms with Crippen molar-refractivity contribution >= 4 is 11.6 Å². The number of methoxy groups -OCH3 is 1. The number of carbonyl (C=O) groups is 1. The Morgan fingerprint density at radius 1 is 1.37 bits per heavy atom. The molecule has 104 valence electrons. The minimum atomic E-state index is 0.220. The number of hydrogen-bond acceptors (Lipinski definition) is 3. The highest BCUT2D eigenvalue weighted by Gasteiger charge is 2.22. The van der Waals surface area contributed by atoms with Crippen molar-refractivity contribution in [2.24, 2.45) is 0 Å². The number of hydrogen-bond donors (Lipinski definition) is 1. The van der Waals surface area contributed by atoms with Crippen molar-refractivity contribution in [3.05, 3.63) is 29.8 Å². The van der Waals surface area contributed by atoms with Crippen LogP contribution in [0.3, 0.4) is 0 Å². The molecule has 1 fully saturated rings. The van der Waals surface area contributed by atoms with Gasteiger partial charge in [0, 0.05) is 32.3 Å². The number of para-hydroxylation sites is 1. The van der Waals surface area contributed by atoms with Gasteiger partial charge < -0.3 is 15.4 Å². The predicted octanol–water partition coefficient (Wildman–Crippen LogP) is 1.84. The van der Waals surface area contributed by atoms with Gasteiger partial charge in [0.05, 0.1) is 6.10 Å². The molecule has 0 aliphatic carbocycles. The SMILES string of the molecule is COC1CCN(C(=O)CCc2ccccc2N)CC1.